The first-order valence-corrected chi connectivity index (χ1v) is 11.6. The van der Waals surface area contributed by atoms with Crippen molar-refractivity contribution in [3.05, 3.63) is 116 Å². The van der Waals surface area contributed by atoms with Gasteiger partial charge in [-0.25, -0.2) is 0 Å². The summed E-state index contributed by atoms with van der Waals surface area (Å²) >= 11 is 12.4. The highest BCUT2D eigenvalue weighted by Gasteiger charge is 2.32. The van der Waals surface area contributed by atoms with Crippen LogP contribution in [0.5, 0.6) is 0 Å². The number of pyridine rings is 1. The Morgan fingerprint density at radius 2 is 1.67 bits per heavy atom. The van der Waals surface area contributed by atoms with E-state index in [1.807, 2.05) is 60.7 Å². The molecule has 168 valence electrons. The van der Waals surface area contributed by atoms with Gasteiger partial charge in [0.1, 0.15) is 0 Å². The molecule has 33 heavy (non-hydrogen) atoms. The van der Waals surface area contributed by atoms with Crippen molar-refractivity contribution < 1.29 is 0 Å². The number of fused-ring (bicyclic) bond motifs is 1. The zero-order valence-corrected chi connectivity index (χ0v) is 20.4. The molecule has 0 amide bonds. The Hall–Kier alpha value is -2.85. The molecule has 0 aliphatic heterocycles. The molecular formula is C28H26Cl2N2O. The van der Waals surface area contributed by atoms with Crippen molar-refractivity contribution in [2.75, 3.05) is 0 Å². The molecule has 1 aromatic heterocycles. The second kappa shape index (κ2) is 9.18. The van der Waals surface area contributed by atoms with Crippen molar-refractivity contribution in [2.24, 2.45) is 12.8 Å². The maximum absolute atomic E-state index is 12.7. The monoisotopic (exact) mass is 476 g/mol. The third kappa shape index (κ3) is 4.24. The van der Waals surface area contributed by atoms with Gasteiger partial charge in [-0.1, -0.05) is 66.5 Å². The number of nitrogens with zero attached hydrogens (tertiary/aromatic N) is 1. The molecule has 4 aromatic rings. The van der Waals surface area contributed by atoms with Gasteiger partial charge in [0.2, 0.25) is 0 Å². The smallest absolute Gasteiger partial charge is 0.251 e. The first kappa shape index (κ1) is 23.3. The van der Waals surface area contributed by atoms with Crippen molar-refractivity contribution in [2.45, 2.75) is 25.8 Å². The number of rotatable bonds is 5. The van der Waals surface area contributed by atoms with Crippen LogP contribution in [-0.2, 0) is 12.6 Å². The fourth-order valence-electron chi connectivity index (χ4n) is 4.40. The van der Waals surface area contributed by atoms with E-state index in [-0.39, 0.29) is 5.56 Å². The van der Waals surface area contributed by atoms with Crippen LogP contribution in [0.4, 0.5) is 0 Å². The van der Waals surface area contributed by atoms with Crippen molar-refractivity contribution in [3.8, 4) is 11.1 Å². The first-order valence-electron chi connectivity index (χ1n) is 10.9. The Morgan fingerprint density at radius 3 is 2.33 bits per heavy atom. The molecule has 0 aliphatic carbocycles. The normalized spacial score (nSPS) is 13.8. The molecule has 1 unspecified atom stereocenters. The fraction of sp³-hybridized carbons (Fsp3) is 0.179. The highest BCUT2D eigenvalue weighted by atomic mass is 35.5. The molecule has 0 radical (unpaired) electrons. The van der Waals surface area contributed by atoms with E-state index in [4.69, 9.17) is 28.9 Å². The molecule has 0 fully saturated rings. The van der Waals surface area contributed by atoms with Crippen LogP contribution < -0.4 is 11.3 Å². The molecule has 4 rings (SSSR count). The van der Waals surface area contributed by atoms with Crippen molar-refractivity contribution in [3.63, 3.8) is 0 Å². The zero-order chi connectivity index (χ0) is 23.8. The van der Waals surface area contributed by atoms with Gasteiger partial charge in [-0.2, -0.15) is 0 Å². The second-order valence-corrected chi connectivity index (χ2v) is 9.18. The van der Waals surface area contributed by atoms with E-state index in [2.05, 4.69) is 26.0 Å². The predicted octanol–water partition coefficient (Wildman–Crippen LogP) is 7.07. The van der Waals surface area contributed by atoms with Crippen LogP contribution in [0.25, 0.3) is 22.0 Å². The molecule has 0 bridgehead atoms. The lowest BCUT2D eigenvalue weighted by molar-refractivity contribution is 0.633. The molecule has 0 saturated carbocycles. The number of halogens is 2. The fourth-order valence-corrected chi connectivity index (χ4v) is 4.72. The highest BCUT2D eigenvalue weighted by molar-refractivity contribution is 6.31. The minimum absolute atomic E-state index is 0.0796. The Morgan fingerprint density at radius 1 is 0.970 bits per heavy atom. The van der Waals surface area contributed by atoms with Gasteiger partial charge in [-0.15, -0.1) is 0 Å². The molecule has 3 nitrogen and oxygen atoms in total. The van der Waals surface area contributed by atoms with Crippen LogP contribution in [-0.4, -0.2) is 4.57 Å². The van der Waals surface area contributed by atoms with E-state index in [1.165, 1.54) is 0 Å². The summed E-state index contributed by atoms with van der Waals surface area (Å²) in [5.41, 5.74) is 11.7. The lowest BCUT2D eigenvalue weighted by Crippen LogP contribution is -2.39. The lowest BCUT2D eigenvalue weighted by Gasteiger charge is -2.33. The Balaban J connectivity index is 2.05. The number of hydrogen-bond acceptors (Lipinski definition) is 2. The lowest BCUT2D eigenvalue weighted by atomic mass is 9.77. The minimum Gasteiger partial charge on any atom is -0.314 e. The van der Waals surface area contributed by atoms with Crippen molar-refractivity contribution in [1.82, 2.24) is 4.57 Å². The Labute approximate surface area is 204 Å². The molecule has 0 aliphatic rings. The summed E-state index contributed by atoms with van der Waals surface area (Å²) in [6, 6.07) is 22.9. The summed E-state index contributed by atoms with van der Waals surface area (Å²) in [4.78, 5) is 12.7. The average Bonchev–Trinajstić information content (AvgIpc) is 2.81. The Kier molecular flexibility index (Phi) is 6.49. The number of hydrogen-bond donors (Lipinski definition) is 1. The number of aryl methyl sites for hydroxylation is 1. The SMILES string of the molecule is CC/C=C(\C)C(N)(c1ccc(Cl)cc1)c1ccc2c(c1)c(-c1cccc(Cl)c1)cc(=O)n2C. The van der Waals surface area contributed by atoms with E-state index in [0.29, 0.717) is 10.0 Å². The van der Waals surface area contributed by atoms with Crippen LogP contribution in [0.2, 0.25) is 10.0 Å². The minimum atomic E-state index is -0.852. The topological polar surface area (TPSA) is 48.0 Å². The third-order valence-electron chi connectivity index (χ3n) is 6.27. The summed E-state index contributed by atoms with van der Waals surface area (Å²) in [6.07, 6.45) is 3.02. The zero-order valence-electron chi connectivity index (χ0n) is 18.9. The van der Waals surface area contributed by atoms with Gasteiger partial charge < -0.3 is 10.3 Å². The largest absolute Gasteiger partial charge is 0.314 e. The molecule has 0 spiro atoms. The number of benzene rings is 3. The number of aromatic nitrogens is 1. The Bertz CT molecular complexity index is 1420. The van der Waals surface area contributed by atoms with Gasteiger partial charge >= 0.3 is 0 Å². The maximum Gasteiger partial charge on any atom is 0.251 e. The quantitative estimate of drug-likeness (QED) is 0.313. The molecule has 1 heterocycles. The highest BCUT2D eigenvalue weighted by Crippen LogP contribution is 2.38. The van der Waals surface area contributed by atoms with E-state index in [0.717, 1.165) is 45.2 Å². The van der Waals surface area contributed by atoms with Gasteiger partial charge in [0.05, 0.1) is 11.1 Å². The molecule has 3 aromatic carbocycles. The van der Waals surface area contributed by atoms with Crippen LogP contribution in [0, 0.1) is 0 Å². The van der Waals surface area contributed by atoms with Crippen LogP contribution in [0.15, 0.2) is 89.2 Å². The summed E-state index contributed by atoms with van der Waals surface area (Å²) in [7, 11) is 1.78. The summed E-state index contributed by atoms with van der Waals surface area (Å²) in [5, 5.41) is 2.22. The van der Waals surface area contributed by atoms with Gasteiger partial charge in [0.25, 0.3) is 5.56 Å². The molecular weight excluding hydrogens is 451 g/mol. The predicted molar refractivity (Wildman–Crippen MR) is 140 cm³/mol. The second-order valence-electron chi connectivity index (χ2n) is 8.31. The average molecular weight is 477 g/mol. The van der Waals surface area contributed by atoms with E-state index < -0.39 is 5.54 Å². The van der Waals surface area contributed by atoms with E-state index in [9.17, 15) is 4.79 Å². The number of nitrogens with two attached hydrogens (primary N) is 1. The van der Waals surface area contributed by atoms with E-state index >= 15 is 0 Å². The number of allylic oxidation sites excluding steroid dienone is 1. The van der Waals surface area contributed by atoms with E-state index in [1.54, 1.807) is 17.7 Å². The van der Waals surface area contributed by atoms with Crippen molar-refractivity contribution in [1.29, 1.82) is 0 Å². The summed E-state index contributed by atoms with van der Waals surface area (Å²) < 4.78 is 1.66. The van der Waals surface area contributed by atoms with Gasteiger partial charge in [0.15, 0.2) is 0 Å². The van der Waals surface area contributed by atoms with Crippen molar-refractivity contribution >= 4 is 34.1 Å². The van der Waals surface area contributed by atoms with Gasteiger partial charge in [0, 0.05) is 28.5 Å². The molecule has 5 heteroatoms. The van der Waals surface area contributed by atoms with Crippen LogP contribution in [0.3, 0.4) is 0 Å². The standard InChI is InChI=1S/C28H26Cl2N2O/c1-4-6-18(2)28(31,20-9-12-22(29)13-10-20)21-11-14-26-25(16-21)24(17-27(33)32(26)3)19-7-5-8-23(30)15-19/h5-17H,4,31H2,1-3H3/b18-6+. The van der Waals surface area contributed by atoms with Gasteiger partial charge in [-0.05, 0) is 77.6 Å². The third-order valence-corrected chi connectivity index (χ3v) is 6.76. The van der Waals surface area contributed by atoms with Crippen LogP contribution in [0.1, 0.15) is 31.4 Å². The molecule has 1 atom stereocenters. The molecule has 0 saturated heterocycles. The summed E-state index contributed by atoms with van der Waals surface area (Å²) in [6.45, 7) is 4.15. The van der Waals surface area contributed by atoms with Crippen LogP contribution >= 0.6 is 23.2 Å². The maximum atomic E-state index is 12.7. The molecule has 2 N–H and O–H groups in total. The first-order chi connectivity index (χ1) is 15.8. The summed E-state index contributed by atoms with van der Waals surface area (Å²) in [5.74, 6) is 0. The van der Waals surface area contributed by atoms with Gasteiger partial charge in [-0.3, -0.25) is 4.79 Å².